The van der Waals surface area contributed by atoms with E-state index in [9.17, 15) is 0 Å². The Bertz CT molecular complexity index is 256. The molecular weight excluding hydrogens is 206 g/mol. The smallest absolute Gasteiger partial charge is 0.00152 e. The molecule has 0 aromatic heterocycles. The van der Waals surface area contributed by atoms with Crippen LogP contribution in [0.4, 0.5) is 0 Å². The first kappa shape index (κ1) is 13.4. The van der Waals surface area contributed by atoms with E-state index >= 15 is 0 Å². The lowest BCUT2D eigenvalue weighted by atomic mass is 9.53. The predicted molar refractivity (Wildman–Crippen MR) is 75.1 cm³/mol. The van der Waals surface area contributed by atoms with Crippen molar-refractivity contribution < 1.29 is 0 Å². The maximum atomic E-state index is 3.63. The Labute approximate surface area is 108 Å². The van der Waals surface area contributed by atoms with Crippen LogP contribution < -0.4 is 5.32 Å². The quantitative estimate of drug-likeness (QED) is 0.758. The number of nitrogens with one attached hydrogen (secondary N) is 1. The van der Waals surface area contributed by atoms with Gasteiger partial charge in [0.15, 0.2) is 0 Å². The van der Waals surface area contributed by atoms with Gasteiger partial charge < -0.3 is 5.32 Å². The zero-order chi connectivity index (χ0) is 12.5. The number of hydrogen-bond donors (Lipinski definition) is 1. The molecule has 100 valence electrons. The Balaban J connectivity index is 2.18. The topological polar surface area (TPSA) is 12.0 Å². The molecule has 3 atom stereocenters. The van der Waals surface area contributed by atoms with Crippen molar-refractivity contribution in [2.45, 2.75) is 66.2 Å². The molecule has 1 aliphatic heterocycles. The third kappa shape index (κ3) is 2.86. The molecule has 0 bridgehead atoms. The number of hydrogen-bond acceptors (Lipinski definition) is 1. The second kappa shape index (κ2) is 4.91. The van der Waals surface area contributed by atoms with Gasteiger partial charge in [-0.3, -0.25) is 0 Å². The summed E-state index contributed by atoms with van der Waals surface area (Å²) < 4.78 is 0. The SMILES string of the molecule is CCCC1CNCCC12CC(C)CC(C)(C)C2. The minimum atomic E-state index is 0.570. The minimum Gasteiger partial charge on any atom is -0.316 e. The highest BCUT2D eigenvalue weighted by Gasteiger charge is 2.47. The van der Waals surface area contributed by atoms with Crippen LogP contribution in [0.1, 0.15) is 66.2 Å². The van der Waals surface area contributed by atoms with Gasteiger partial charge in [-0.15, -0.1) is 0 Å². The molecule has 0 aromatic rings. The van der Waals surface area contributed by atoms with Gasteiger partial charge in [0.05, 0.1) is 0 Å². The molecule has 2 fully saturated rings. The van der Waals surface area contributed by atoms with E-state index in [-0.39, 0.29) is 0 Å². The van der Waals surface area contributed by atoms with E-state index in [1.54, 1.807) is 0 Å². The molecule has 1 saturated carbocycles. The second-order valence-corrected chi connectivity index (χ2v) is 7.66. The first-order chi connectivity index (χ1) is 7.97. The van der Waals surface area contributed by atoms with Crippen LogP contribution in [0.5, 0.6) is 0 Å². The molecule has 1 spiro atoms. The van der Waals surface area contributed by atoms with Crippen LogP contribution in [0.3, 0.4) is 0 Å². The van der Waals surface area contributed by atoms with Crippen molar-refractivity contribution in [3.05, 3.63) is 0 Å². The van der Waals surface area contributed by atoms with Crippen molar-refractivity contribution in [2.24, 2.45) is 22.7 Å². The first-order valence-electron chi connectivity index (χ1n) is 7.68. The summed E-state index contributed by atoms with van der Waals surface area (Å²) in [5.41, 5.74) is 1.24. The lowest BCUT2D eigenvalue weighted by Gasteiger charge is -2.54. The van der Waals surface area contributed by atoms with Crippen molar-refractivity contribution in [1.29, 1.82) is 0 Å². The van der Waals surface area contributed by atoms with Gasteiger partial charge in [-0.05, 0) is 67.9 Å². The molecule has 0 aromatic carbocycles. The van der Waals surface area contributed by atoms with Crippen LogP contribution in [0.25, 0.3) is 0 Å². The molecule has 1 heteroatoms. The number of rotatable bonds is 2. The van der Waals surface area contributed by atoms with E-state index in [4.69, 9.17) is 0 Å². The van der Waals surface area contributed by atoms with Gasteiger partial charge in [0.25, 0.3) is 0 Å². The van der Waals surface area contributed by atoms with Crippen LogP contribution in [0.15, 0.2) is 0 Å². The van der Waals surface area contributed by atoms with E-state index < -0.39 is 0 Å². The van der Waals surface area contributed by atoms with Gasteiger partial charge in [-0.25, -0.2) is 0 Å². The van der Waals surface area contributed by atoms with E-state index in [0.717, 1.165) is 11.8 Å². The van der Waals surface area contributed by atoms with Crippen LogP contribution in [-0.4, -0.2) is 13.1 Å². The van der Waals surface area contributed by atoms with Gasteiger partial charge in [-0.2, -0.15) is 0 Å². The van der Waals surface area contributed by atoms with Crippen molar-refractivity contribution in [3.8, 4) is 0 Å². The summed E-state index contributed by atoms with van der Waals surface area (Å²) >= 11 is 0. The average molecular weight is 237 g/mol. The standard InChI is InChI=1S/C16H31N/c1-5-6-14-11-17-8-7-16(14)10-13(2)9-15(3,4)12-16/h13-14,17H,5-12H2,1-4H3. The van der Waals surface area contributed by atoms with E-state index in [1.807, 2.05) is 0 Å². The first-order valence-corrected chi connectivity index (χ1v) is 7.68. The largest absolute Gasteiger partial charge is 0.316 e. The van der Waals surface area contributed by atoms with Crippen molar-refractivity contribution in [2.75, 3.05) is 13.1 Å². The highest BCUT2D eigenvalue weighted by atomic mass is 14.9. The fourth-order valence-electron chi connectivity index (χ4n) is 5.10. The Hall–Kier alpha value is -0.0400. The highest BCUT2D eigenvalue weighted by molar-refractivity contribution is 4.99. The number of piperidine rings is 1. The van der Waals surface area contributed by atoms with Gasteiger partial charge in [0.1, 0.15) is 0 Å². The van der Waals surface area contributed by atoms with E-state index in [2.05, 4.69) is 33.0 Å². The molecule has 17 heavy (non-hydrogen) atoms. The zero-order valence-corrected chi connectivity index (χ0v) is 12.3. The third-order valence-corrected chi connectivity index (χ3v) is 5.18. The lowest BCUT2D eigenvalue weighted by molar-refractivity contribution is -0.0253. The molecule has 1 saturated heterocycles. The molecule has 2 rings (SSSR count). The maximum absolute atomic E-state index is 3.63. The highest BCUT2D eigenvalue weighted by Crippen LogP contribution is 2.55. The fourth-order valence-corrected chi connectivity index (χ4v) is 5.10. The van der Waals surface area contributed by atoms with Crippen LogP contribution in [0.2, 0.25) is 0 Å². The fraction of sp³-hybridized carbons (Fsp3) is 1.00. The van der Waals surface area contributed by atoms with Crippen LogP contribution >= 0.6 is 0 Å². The maximum Gasteiger partial charge on any atom is -0.00152 e. The Morgan fingerprint density at radius 2 is 2.00 bits per heavy atom. The molecule has 2 aliphatic rings. The normalized spacial score (nSPS) is 41.6. The summed E-state index contributed by atoms with van der Waals surface area (Å²) in [5, 5.41) is 3.63. The molecule has 0 amide bonds. The van der Waals surface area contributed by atoms with Gasteiger partial charge in [-0.1, -0.05) is 34.1 Å². The zero-order valence-electron chi connectivity index (χ0n) is 12.3. The Kier molecular flexibility index (Phi) is 3.87. The summed E-state index contributed by atoms with van der Waals surface area (Å²) in [6.07, 6.45) is 8.59. The van der Waals surface area contributed by atoms with Crippen molar-refractivity contribution in [1.82, 2.24) is 5.32 Å². The predicted octanol–water partition coefficient (Wildman–Crippen LogP) is 4.23. The van der Waals surface area contributed by atoms with Crippen LogP contribution in [-0.2, 0) is 0 Å². The summed E-state index contributed by atoms with van der Waals surface area (Å²) in [4.78, 5) is 0. The Morgan fingerprint density at radius 1 is 1.24 bits per heavy atom. The molecule has 3 unspecified atom stereocenters. The molecule has 0 radical (unpaired) electrons. The molecule has 1 aliphatic carbocycles. The Morgan fingerprint density at radius 3 is 2.65 bits per heavy atom. The minimum absolute atomic E-state index is 0.570. The molecule has 1 N–H and O–H groups in total. The van der Waals surface area contributed by atoms with Crippen molar-refractivity contribution in [3.63, 3.8) is 0 Å². The third-order valence-electron chi connectivity index (χ3n) is 5.18. The molecule has 1 heterocycles. The van der Waals surface area contributed by atoms with Crippen LogP contribution in [0, 0.1) is 22.7 Å². The lowest BCUT2D eigenvalue weighted by Crippen LogP contribution is -2.50. The van der Waals surface area contributed by atoms with E-state index in [1.165, 1.54) is 51.6 Å². The molecule has 1 nitrogen and oxygen atoms in total. The van der Waals surface area contributed by atoms with E-state index in [0.29, 0.717) is 10.8 Å². The summed E-state index contributed by atoms with van der Waals surface area (Å²) in [5.74, 6) is 1.86. The summed E-state index contributed by atoms with van der Waals surface area (Å²) in [6, 6.07) is 0. The van der Waals surface area contributed by atoms with Gasteiger partial charge in [0.2, 0.25) is 0 Å². The summed E-state index contributed by atoms with van der Waals surface area (Å²) in [6.45, 7) is 12.3. The monoisotopic (exact) mass is 237 g/mol. The average Bonchev–Trinajstić information content (AvgIpc) is 2.18. The van der Waals surface area contributed by atoms with Gasteiger partial charge >= 0.3 is 0 Å². The van der Waals surface area contributed by atoms with Crippen molar-refractivity contribution >= 4 is 0 Å². The second-order valence-electron chi connectivity index (χ2n) is 7.66. The summed E-state index contributed by atoms with van der Waals surface area (Å²) in [7, 11) is 0. The molecular formula is C16H31N. The van der Waals surface area contributed by atoms with Gasteiger partial charge in [0, 0.05) is 0 Å².